The van der Waals surface area contributed by atoms with Gasteiger partial charge in [-0.15, -0.1) is 0 Å². The van der Waals surface area contributed by atoms with Gasteiger partial charge in [0.25, 0.3) is 0 Å². The minimum atomic E-state index is 0.435. The first-order chi connectivity index (χ1) is 10.8. The van der Waals surface area contributed by atoms with Crippen LogP contribution in [0.15, 0.2) is 18.3 Å². The van der Waals surface area contributed by atoms with E-state index in [0.717, 1.165) is 24.3 Å². The van der Waals surface area contributed by atoms with Gasteiger partial charge >= 0.3 is 0 Å². The Morgan fingerprint density at radius 3 is 3.05 bits per heavy atom. The smallest absolute Gasteiger partial charge is 0.160 e. The highest BCUT2D eigenvalue weighted by Gasteiger charge is 2.28. The summed E-state index contributed by atoms with van der Waals surface area (Å²) in [6, 6.07) is 5.08. The van der Waals surface area contributed by atoms with Crippen molar-refractivity contribution in [2.24, 2.45) is 0 Å². The molecular formula is C17H25N5. The van der Waals surface area contributed by atoms with Crippen LogP contribution in [-0.4, -0.2) is 45.6 Å². The molecule has 0 spiro atoms. The van der Waals surface area contributed by atoms with Crippen LogP contribution in [-0.2, 0) is 6.54 Å². The molecule has 0 bridgehead atoms. The van der Waals surface area contributed by atoms with Gasteiger partial charge in [0, 0.05) is 18.8 Å². The Bertz CT molecular complexity index is 644. The lowest BCUT2D eigenvalue weighted by molar-refractivity contribution is 0.175. The minimum absolute atomic E-state index is 0.435. The van der Waals surface area contributed by atoms with Gasteiger partial charge < -0.3 is 9.88 Å². The number of nitrogens with zero attached hydrogens (tertiary/aromatic N) is 4. The summed E-state index contributed by atoms with van der Waals surface area (Å²) in [6.45, 7) is 3.31. The summed E-state index contributed by atoms with van der Waals surface area (Å²) in [4.78, 5) is 12.0. The molecule has 2 saturated heterocycles. The fourth-order valence-electron chi connectivity index (χ4n) is 3.94. The number of hydrogen-bond acceptors (Lipinski definition) is 4. The second-order valence-electron chi connectivity index (χ2n) is 6.71. The molecule has 2 aromatic rings. The van der Waals surface area contributed by atoms with Crippen LogP contribution in [0.5, 0.6) is 0 Å². The molecule has 118 valence electrons. The minimum Gasteiger partial charge on any atom is -0.312 e. The normalized spacial score (nSPS) is 26.8. The van der Waals surface area contributed by atoms with E-state index in [4.69, 9.17) is 4.98 Å². The van der Waals surface area contributed by atoms with Crippen LogP contribution in [0, 0.1) is 0 Å². The van der Waals surface area contributed by atoms with Crippen LogP contribution in [0.3, 0.4) is 0 Å². The van der Waals surface area contributed by atoms with Crippen LogP contribution >= 0.6 is 0 Å². The highest BCUT2D eigenvalue weighted by molar-refractivity contribution is 5.71. The molecule has 2 aliphatic rings. The Hall–Kier alpha value is -1.46. The summed E-state index contributed by atoms with van der Waals surface area (Å²) < 4.78 is 2.38. The largest absolute Gasteiger partial charge is 0.312 e. The summed E-state index contributed by atoms with van der Waals surface area (Å²) in [6.07, 6.45) is 8.23. The lowest BCUT2D eigenvalue weighted by Gasteiger charge is -2.32. The van der Waals surface area contributed by atoms with Crippen molar-refractivity contribution in [2.45, 2.75) is 50.7 Å². The average Bonchev–Trinajstić information content (AvgIpc) is 3.17. The number of nitrogens with one attached hydrogen (secondary N) is 1. The Kier molecular flexibility index (Phi) is 3.84. The highest BCUT2D eigenvalue weighted by Crippen LogP contribution is 2.31. The van der Waals surface area contributed by atoms with Crippen molar-refractivity contribution in [1.29, 1.82) is 0 Å². The summed E-state index contributed by atoms with van der Waals surface area (Å²) in [5, 5.41) is 3.61. The highest BCUT2D eigenvalue weighted by atomic mass is 15.2. The number of rotatable bonds is 3. The molecule has 5 nitrogen and oxygen atoms in total. The number of fused-ring (bicyclic) bond motifs is 1. The number of hydrogen-bond donors (Lipinski definition) is 1. The predicted octanol–water partition coefficient (Wildman–Crippen LogP) is 2.34. The van der Waals surface area contributed by atoms with Gasteiger partial charge in [-0.2, -0.15) is 0 Å². The van der Waals surface area contributed by atoms with Crippen LogP contribution in [0.25, 0.3) is 11.2 Å². The van der Waals surface area contributed by atoms with Gasteiger partial charge in [-0.1, -0.05) is 6.42 Å². The predicted molar refractivity (Wildman–Crippen MR) is 87.8 cm³/mol. The number of pyridine rings is 1. The van der Waals surface area contributed by atoms with E-state index in [1.54, 1.807) is 0 Å². The molecule has 0 amide bonds. The van der Waals surface area contributed by atoms with Crippen molar-refractivity contribution in [3.05, 3.63) is 24.2 Å². The van der Waals surface area contributed by atoms with Crippen molar-refractivity contribution in [2.75, 3.05) is 20.1 Å². The summed E-state index contributed by atoms with van der Waals surface area (Å²) >= 11 is 0. The van der Waals surface area contributed by atoms with Gasteiger partial charge in [0.05, 0.1) is 6.04 Å². The van der Waals surface area contributed by atoms with E-state index < -0.39 is 0 Å². The standard InChI is InChI=1S/C17H25N5/c1-21-11-3-2-8-15(21)17-20-14-7-5-10-19-16(14)22(17)12-13-6-4-9-18-13/h5,7,10,13,15,18H,2-4,6,8-9,11-12H2,1H3. The molecular weight excluding hydrogens is 274 g/mol. The first-order valence-electron chi connectivity index (χ1n) is 8.58. The summed E-state index contributed by atoms with van der Waals surface area (Å²) in [7, 11) is 2.23. The van der Waals surface area contributed by atoms with Crippen molar-refractivity contribution in [3.8, 4) is 0 Å². The zero-order chi connectivity index (χ0) is 14.9. The van der Waals surface area contributed by atoms with Gasteiger partial charge in [0.1, 0.15) is 11.3 Å². The molecule has 4 heterocycles. The SMILES string of the molecule is CN1CCCCC1c1nc2cccnc2n1CC1CCCN1. The number of piperidine rings is 1. The molecule has 0 aliphatic carbocycles. The summed E-state index contributed by atoms with van der Waals surface area (Å²) in [5.74, 6) is 1.21. The molecule has 2 aromatic heterocycles. The molecule has 2 unspecified atom stereocenters. The van der Waals surface area contributed by atoms with Crippen LogP contribution in [0.2, 0.25) is 0 Å². The monoisotopic (exact) mass is 299 g/mol. The first kappa shape index (κ1) is 14.2. The van der Waals surface area contributed by atoms with Gasteiger partial charge in [0.2, 0.25) is 0 Å². The van der Waals surface area contributed by atoms with E-state index in [1.165, 1.54) is 44.5 Å². The third kappa shape index (κ3) is 2.52. The Balaban J connectivity index is 1.74. The zero-order valence-electron chi connectivity index (χ0n) is 13.3. The molecule has 22 heavy (non-hydrogen) atoms. The number of imidazole rings is 1. The van der Waals surface area contributed by atoms with Crippen LogP contribution in [0.4, 0.5) is 0 Å². The first-order valence-corrected chi connectivity index (χ1v) is 8.58. The Morgan fingerprint density at radius 2 is 2.23 bits per heavy atom. The Labute approximate surface area is 131 Å². The third-order valence-corrected chi connectivity index (χ3v) is 5.17. The van der Waals surface area contributed by atoms with Crippen molar-refractivity contribution in [3.63, 3.8) is 0 Å². The van der Waals surface area contributed by atoms with Gasteiger partial charge in [-0.05, 0) is 58.0 Å². The molecule has 5 heteroatoms. The van der Waals surface area contributed by atoms with Crippen LogP contribution < -0.4 is 5.32 Å². The molecule has 2 aliphatic heterocycles. The molecule has 0 aromatic carbocycles. The fourth-order valence-corrected chi connectivity index (χ4v) is 3.94. The molecule has 0 radical (unpaired) electrons. The quantitative estimate of drug-likeness (QED) is 0.945. The average molecular weight is 299 g/mol. The molecule has 4 rings (SSSR count). The zero-order valence-corrected chi connectivity index (χ0v) is 13.3. The molecule has 1 N–H and O–H groups in total. The van der Waals surface area contributed by atoms with E-state index in [-0.39, 0.29) is 0 Å². The van der Waals surface area contributed by atoms with Gasteiger partial charge in [-0.25, -0.2) is 9.97 Å². The molecule has 2 atom stereocenters. The number of likely N-dealkylation sites (tertiary alicyclic amines) is 1. The van der Waals surface area contributed by atoms with Crippen molar-refractivity contribution < 1.29 is 0 Å². The Morgan fingerprint density at radius 1 is 1.27 bits per heavy atom. The second kappa shape index (κ2) is 5.97. The lowest BCUT2D eigenvalue weighted by Crippen LogP contribution is -2.33. The van der Waals surface area contributed by atoms with E-state index in [1.807, 2.05) is 12.3 Å². The van der Waals surface area contributed by atoms with Crippen molar-refractivity contribution >= 4 is 11.2 Å². The maximum atomic E-state index is 4.96. The molecule has 0 saturated carbocycles. The fraction of sp³-hybridized carbons (Fsp3) is 0.647. The number of aromatic nitrogens is 3. The van der Waals surface area contributed by atoms with Crippen LogP contribution in [0.1, 0.15) is 44.0 Å². The van der Waals surface area contributed by atoms with Gasteiger partial charge in [0.15, 0.2) is 5.65 Å². The topological polar surface area (TPSA) is 46.0 Å². The van der Waals surface area contributed by atoms with E-state index in [9.17, 15) is 0 Å². The maximum absolute atomic E-state index is 4.96. The van der Waals surface area contributed by atoms with Crippen molar-refractivity contribution in [1.82, 2.24) is 24.8 Å². The molecule has 2 fully saturated rings. The van der Waals surface area contributed by atoms with E-state index in [0.29, 0.717) is 12.1 Å². The van der Waals surface area contributed by atoms with E-state index >= 15 is 0 Å². The maximum Gasteiger partial charge on any atom is 0.160 e. The lowest BCUT2D eigenvalue weighted by atomic mass is 10.0. The second-order valence-corrected chi connectivity index (χ2v) is 6.71. The van der Waals surface area contributed by atoms with Gasteiger partial charge in [-0.3, -0.25) is 4.90 Å². The van der Waals surface area contributed by atoms with E-state index in [2.05, 4.69) is 32.9 Å². The third-order valence-electron chi connectivity index (χ3n) is 5.17. The summed E-state index contributed by atoms with van der Waals surface area (Å²) in [5.41, 5.74) is 2.08.